The summed E-state index contributed by atoms with van der Waals surface area (Å²) in [5.74, 6) is 0. The Hall–Kier alpha value is -8.20. The molecule has 1 heterocycles. The van der Waals surface area contributed by atoms with E-state index in [0.29, 0.717) is 0 Å². The van der Waals surface area contributed by atoms with Crippen molar-refractivity contribution in [1.29, 1.82) is 0 Å². The van der Waals surface area contributed by atoms with E-state index in [1.807, 2.05) is 12.1 Å². The summed E-state index contributed by atoms with van der Waals surface area (Å²) in [6.07, 6.45) is 0. The monoisotopic (exact) mass is 829 g/mol. The first-order valence-electron chi connectivity index (χ1n) is 22.6. The number of para-hydroxylation sites is 1. The van der Waals surface area contributed by atoms with Gasteiger partial charge in [0.15, 0.2) is 0 Å². The number of nitrogens with zero attached hydrogens (tertiary/aromatic N) is 1. The number of hydrogen-bond acceptors (Lipinski definition) is 2. The third kappa shape index (κ3) is 5.41. The van der Waals surface area contributed by atoms with Gasteiger partial charge in [-0.25, -0.2) is 0 Å². The Kier molecular flexibility index (Phi) is 8.29. The minimum absolute atomic E-state index is 0.337. The minimum atomic E-state index is -0.481. The maximum atomic E-state index is 6.34. The second-order valence-electron chi connectivity index (χ2n) is 17.7. The van der Waals surface area contributed by atoms with E-state index in [1.165, 1.54) is 61.2 Å². The Morgan fingerprint density at radius 3 is 1.65 bits per heavy atom. The van der Waals surface area contributed by atoms with Crippen molar-refractivity contribution >= 4 is 39.0 Å². The first-order chi connectivity index (χ1) is 32.1. The molecule has 0 N–H and O–H groups in total. The van der Waals surface area contributed by atoms with E-state index in [1.54, 1.807) is 0 Å². The van der Waals surface area contributed by atoms with Gasteiger partial charge in [-0.3, -0.25) is 0 Å². The molecule has 2 aliphatic rings. The number of benzene rings is 10. The molecule has 10 aromatic carbocycles. The topological polar surface area (TPSA) is 16.4 Å². The number of fused-ring (bicyclic) bond motifs is 9. The molecule has 0 saturated heterocycles. The molecule has 2 nitrogen and oxygen atoms in total. The van der Waals surface area contributed by atoms with Crippen molar-refractivity contribution in [3.8, 4) is 33.4 Å². The Morgan fingerprint density at radius 1 is 0.354 bits per heavy atom. The third-order valence-corrected chi connectivity index (χ3v) is 14.4. The molecule has 306 valence electrons. The molecular weight excluding hydrogens is 787 g/mol. The zero-order chi connectivity index (χ0) is 43.1. The first kappa shape index (κ1) is 37.4. The van der Waals surface area contributed by atoms with Crippen LogP contribution in [0.5, 0.6) is 0 Å². The SMILES string of the molecule is CC1(c2ccccc2)c2ccccc2-c2c(N(c3ccc(-c4ccc5c(c4)oc4ccccc45)cc3)c3ccc4c(c3)-c3ccccc3C4(c3ccccc3)c3ccccc3)cccc21. The summed E-state index contributed by atoms with van der Waals surface area (Å²) < 4.78 is 6.34. The van der Waals surface area contributed by atoms with Crippen molar-refractivity contribution in [3.05, 3.63) is 282 Å². The van der Waals surface area contributed by atoms with Crippen molar-refractivity contribution in [2.45, 2.75) is 17.8 Å². The van der Waals surface area contributed by atoms with Crippen LogP contribution in [0.1, 0.15) is 45.9 Å². The molecule has 0 bridgehead atoms. The van der Waals surface area contributed by atoms with Gasteiger partial charge in [0.1, 0.15) is 11.2 Å². The van der Waals surface area contributed by atoms with Gasteiger partial charge in [0, 0.05) is 33.1 Å². The lowest BCUT2D eigenvalue weighted by molar-refractivity contribution is 0.669. The summed E-state index contributed by atoms with van der Waals surface area (Å²) in [6.45, 7) is 2.40. The van der Waals surface area contributed by atoms with Crippen molar-refractivity contribution in [2.75, 3.05) is 4.90 Å². The van der Waals surface area contributed by atoms with E-state index >= 15 is 0 Å². The molecule has 1 aromatic heterocycles. The highest BCUT2D eigenvalue weighted by molar-refractivity contribution is 6.06. The Labute approximate surface area is 379 Å². The third-order valence-electron chi connectivity index (χ3n) is 14.4. The van der Waals surface area contributed by atoms with Gasteiger partial charge in [0.2, 0.25) is 0 Å². The molecule has 0 saturated carbocycles. The molecule has 2 heteroatoms. The van der Waals surface area contributed by atoms with E-state index in [9.17, 15) is 0 Å². The fraction of sp³-hybridized carbons (Fsp3) is 0.0476. The van der Waals surface area contributed by atoms with Gasteiger partial charge in [-0.15, -0.1) is 0 Å². The Morgan fingerprint density at radius 2 is 0.908 bits per heavy atom. The lowest BCUT2D eigenvalue weighted by Crippen LogP contribution is -2.28. The number of hydrogen-bond donors (Lipinski definition) is 0. The zero-order valence-corrected chi connectivity index (χ0v) is 35.9. The molecule has 1 atom stereocenters. The van der Waals surface area contributed by atoms with Crippen LogP contribution in [0.4, 0.5) is 17.1 Å². The summed E-state index contributed by atoms with van der Waals surface area (Å²) in [5.41, 5.74) is 20.6. The molecule has 1 unspecified atom stereocenters. The molecule has 0 fully saturated rings. The second kappa shape index (κ2) is 14.4. The summed E-state index contributed by atoms with van der Waals surface area (Å²) >= 11 is 0. The van der Waals surface area contributed by atoms with Crippen LogP contribution < -0.4 is 4.90 Å². The Balaban J connectivity index is 1.03. The van der Waals surface area contributed by atoms with Crippen LogP contribution in [0.2, 0.25) is 0 Å². The van der Waals surface area contributed by atoms with Crippen molar-refractivity contribution in [3.63, 3.8) is 0 Å². The lowest BCUT2D eigenvalue weighted by atomic mass is 9.68. The highest BCUT2D eigenvalue weighted by Gasteiger charge is 2.47. The van der Waals surface area contributed by atoms with Gasteiger partial charge >= 0.3 is 0 Å². The van der Waals surface area contributed by atoms with Crippen molar-refractivity contribution < 1.29 is 4.42 Å². The summed E-state index contributed by atoms with van der Waals surface area (Å²) in [6, 6.07) is 89.2. The highest BCUT2D eigenvalue weighted by atomic mass is 16.3. The Bertz CT molecular complexity index is 3570. The first-order valence-corrected chi connectivity index (χ1v) is 22.6. The molecular formula is C63H43NO. The number of furan rings is 1. The fourth-order valence-electron chi connectivity index (χ4n) is 11.5. The molecule has 65 heavy (non-hydrogen) atoms. The predicted octanol–water partition coefficient (Wildman–Crippen LogP) is 16.4. The molecule has 0 radical (unpaired) electrons. The number of anilines is 3. The zero-order valence-electron chi connectivity index (χ0n) is 35.9. The fourth-order valence-corrected chi connectivity index (χ4v) is 11.5. The summed E-state index contributed by atoms with van der Waals surface area (Å²) in [4.78, 5) is 2.49. The van der Waals surface area contributed by atoms with Gasteiger partial charge in [-0.05, 0) is 122 Å². The van der Waals surface area contributed by atoms with Crippen LogP contribution in [0.15, 0.2) is 247 Å². The molecule has 2 aliphatic carbocycles. The molecule has 0 amide bonds. The molecule has 11 aromatic rings. The molecule has 13 rings (SSSR count). The van der Waals surface area contributed by atoms with Crippen LogP contribution in [0.3, 0.4) is 0 Å². The molecule has 0 aliphatic heterocycles. The van der Waals surface area contributed by atoms with Crippen LogP contribution >= 0.6 is 0 Å². The quantitative estimate of drug-likeness (QED) is 0.159. The van der Waals surface area contributed by atoms with Crippen LogP contribution in [0.25, 0.3) is 55.3 Å². The van der Waals surface area contributed by atoms with E-state index < -0.39 is 5.41 Å². The largest absolute Gasteiger partial charge is 0.456 e. The molecule has 0 spiro atoms. The van der Waals surface area contributed by atoms with Gasteiger partial charge in [0.25, 0.3) is 0 Å². The maximum Gasteiger partial charge on any atom is 0.136 e. The lowest BCUT2D eigenvalue weighted by Gasteiger charge is -2.34. The summed E-state index contributed by atoms with van der Waals surface area (Å²) in [5, 5.41) is 2.27. The predicted molar refractivity (Wildman–Crippen MR) is 269 cm³/mol. The average molecular weight is 830 g/mol. The maximum absolute atomic E-state index is 6.34. The van der Waals surface area contributed by atoms with Crippen molar-refractivity contribution in [1.82, 2.24) is 0 Å². The van der Waals surface area contributed by atoms with Gasteiger partial charge < -0.3 is 9.32 Å². The van der Waals surface area contributed by atoms with Crippen molar-refractivity contribution in [2.24, 2.45) is 0 Å². The van der Waals surface area contributed by atoms with E-state index in [0.717, 1.165) is 50.1 Å². The van der Waals surface area contributed by atoms with Gasteiger partial charge in [-0.1, -0.05) is 194 Å². The highest BCUT2D eigenvalue weighted by Crippen LogP contribution is 2.59. The average Bonchev–Trinajstić information content (AvgIpc) is 3.99. The van der Waals surface area contributed by atoms with E-state index in [2.05, 4.69) is 242 Å². The van der Waals surface area contributed by atoms with E-state index in [4.69, 9.17) is 4.42 Å². The van der Waals surface area contributed by atoms with Crippen LogP contribution in [-0.4, -0.2) is 0 Å². The van der Waals surface area contributed by atoms with Crippen LogP contribution in [-0.2, 0) is 10.8 Å². The van der Waals surface area contributed by atoms with Crippen LogP contribution in [0, 0.1) is 0 Å². The summed E-state index contributed by atoms with van der Waals surface area (Å²) in [7, 11) is 0. The van der Waals surface area contributed by atoms with Gasteiger partial charge in [0.05, 0.1) is 11.1 Å². The second-order valence-corrected chi connectivity index (χ2v) is 17.7. The number of rotatable bonds is 7. The minimum Gasteiger partial charge on any atom is -0.456 e. The normalized spacial score (nSPS) is 15.3. The standard InChI is InChI=1S/C63H43NO/c1-62(44-18-5-2-6-19-44)54-27-14-12-26-52(54)61-57(62)29-17-30-58(61)64(47-35-32-42(33-36-47)43-34-38-51-50-25-13-16-31-59(50)65-60(51)40-43)48-37-39-56-53(41-48)49-24-11-15-28-55(49)63(56,45-20-7-3-8-21-45)46-22-9-4-10-23-46/h2-41H,1H3. The van der Waals surface area contributed by atoms with E-state index in [-0.39, 0.29) is 5.41 Å². The van der Waals surface area contributed by atoms with Gasteiger partial charge in [-0.2, -0.15) is 0 Å². The smallest absolute Gasteiger partial charge is 0.136 e.